The quantitative estimate of drug-likeness (QED) is 0.557. The van der Waals surface area contributed by atoms with Gasteiger partial charge in [0.15, 0.2) is 0 Å². The normalized spacial score (nSPS) is 33.4. The van der Waals surface area contributed by atoms with Crippen LogP contribution in [0.5, 0.6) is 0 Å². The zero-order valence-corrected chi connectivity index (χ0v) is 5.08. The van der Waals surface area contributed by atoms with Gasteiger partial charge in [-0.2, -0.15) is 0 Å². The van der Waals surface area contributed by atoms with Gasteiger partial charge >= 0.3 is 5.97 Å². The van der Waals surface area contributed by atoms with Crippen molar-refractivity contribution in [2.45, 2.75) is 12.8 Å². The highest BCUT2D eigenvalue weighted by Gasteiger charge is 2.35. The summed E-state index contributed by atoms with van der Waals surface area (Å²) in [5.41, 5.74) is 0. The van der Waals surface area contributed by atoms with Gasteiger partial charge in [-0.25, -0.2) is 0 Å². The van der Waals surface area contributed by atoms with E-state index in [0.29, 0.717) is 0 Å². The van der Waals surface area contributed by atoms with Crippen molar-refractivity contribution in [3.05, 3.63) is 0 Å². The molecule has 2 N–H and O–H groups in total. The Labute approximate surface area is 53.3 Å². The molecule has 0 aromatic carbocycles. The summed E-state index contributed by atoms with van der Waals surface area (Å²) in [4.78, 5) is 10.2. The number of carboxylic acids is 1. The maximum atomic E-state index is 10.2. The Hall–Kier alpha value is -0.570. The molecule has 1 saturated carbocycles. The van der Waals surface area contributed by atoms with Gasteiger partial charge in [-0.1, -0.05) is 0 Å². The maximum Gasteiger partial charge on any atom is 0.306 e. The summed E-state index contributed by atoms with van der Waals surface area (Å²) in [5, 5.41) is 17.0. The number of carboxylic acid groups (broad SMARTS) is 1. The second kappa shape index (κ2) is 2.35. The molecule has 0 aromatic rings. The highest BCUT2D eigenvalue weighted by Crippen LogP contribution is 2.33. The third-order valence-electron chi connectivity index (χ3n) is 1.97. The van der Waals surface area contributed by atoms with Gasteiger partial charge in [-0.3, -0.25) is 4.79 Å². The van der Waals surface area contributed by atoms with Crippen LogP contribution >= 0.6 is 0 Å². The highest BCUT2D eigenvalue weighted by atomic mass is 16.4. The highest BCUT2D eigenvalue weighted by molar-refractivity contribution is 5.71. The summed E-state index contributed by atoms with van der Waals surface area (Å²) < 4.78 is 0. The van der Waals surface area contributed by atoms with Crippen LogP contribution < -0.4 is 0 Å². The van der Waals surface area contributed by atoms with Crippen molar-refractivity contribution in [3.8, 4) is 0 Å². The molecular weight excluding hydrogens is 120 g/mol. The number of aliphatic carboxylic acids is 1. The van der Waals surface area contributed by atoms with Crippen molar-refractivity contribution in [1.82, 2.24) is 0 Å². The van der Waals surface area contributed by atoms with Crippen molar-refractivity contribution in [2.24, 2.45) is 11.8 Å². The van der Waals surface area contributed by atoms with E-state index in [1.807, 2.05) is 0 Å². The zero-order valence-electron chi connectivity index (χ0n) is 5.08. The molecule has 0 saturated heterocycles. The fourth-order valence-corrected chi connectivity index (χ4v) is 1.11. The molecule has 9 heavy (non-hydrogen) atoms. The van der Waals surface area contributed by atoms with Crippen LogP contribution in [0.25, 0.3) is 0 Å². The third-order valence-corrected chi connectivity index (χ3v) is 1.97. The molecule has 0 radical (unpaired) electrons. The van der Waals surface area contributed by atoms with E-state index in [2.05, 4.69) is 0 Å². The SMILES string of the molecule is O=C(O)[C@H]1CC[C@@H]1CO. The second-order valence-corrected chi connectivity index (χ2v) is 2.46. The Kier molecular flexibility index (Phi) is 1.71. The molecule has 52 valence electrons. The van der Waals surface area contributed by atoms with Gasteiger partial charge < -0.3 is 10.2 Å². The van der Waals surface area contributed by atoms with Gasteiger partial charge in [0.05, 0.1) is 5.92 Å². The molecule has 0 aliphatic heterocycles. The third kappa shape index (κ3) is 1.05. The number of rotatable bonds is 2. The van der Waals surface area contributed by atoms with Crippen LogP contribution in [0.1, 0.15) is 12.8 Å². The Bertz CT molecular complexity index is 119. The van der Waals surface area contributed by atoms with Gasteiger partial charge in [-0.05, 0) is 18.8 Å². The minimum atomic E-state index is -0.764. The summed E-state index contributed by atoms with van der Waals surface area (Å²) in [7, 11) is 0. The molecule has 0 unspecified atom stereocenters. The lowest BCUT2D eigenvalue weighted by atomic mass is 9.74. The first-order chi connectivity index (χ1) is 4.25. The van der Waals surface area contributed by atoms with Gasteiger partial charge in [0.25, 0.3) is 0 Å². The topological polar surface area (TPSA) is 57.5 Å². The van der Waals surface area contributed by atoms with E-state index < -0.39 is 5.97 Å². The number of aliphatic hydroxyl groups is 1. The van der Waals surface area contributed by atoms with E-state index in [0.717, 1.165) is 12.8 Å². The molecule has 0 amide bonds. The van der Waals surface area contributed by atoms with Crippen molar-refractivity contribution < 1.29 is 15.0 Å². The molecule has 2 atom stereocenters. The molecule has 3 nitrogen and oxygen atoms in total. The monoisotopic (exact) mass is 130 g/mol. The smallest absolute Gasteiger partial charge is 0.306 e. The number of hydrogen-bond donors (Lipinski definition) is 2. The zero-order chi connectivity index (χ0) is 6.85. The van der Waals surface area contributed by atoms with Crippen LogP contribution in [0.4, 0.5) is 0 Å². The Morgan fingerprint density at radius 2 is 2.22 bits per heavy atom. The lowest BCUT2D eigenvalue weighted by molar-refractivity contribution is -0.148. The molecule has 0 spiro atoms. The molecule has 1 aliphatic carbocycles. The molecule has 0 aromatic heterocycles. The predicted octanol–water partition coefficient (Wildman–Crippen LogP) is 0.0895. The lowest BCUT2D eigenvalue weighted by Gasteiger charge is -2.31. The Morgan fingerprint density at radius 1 is 1.56 bits per heavy atom. The summed E-state index contributed by atoms with van der Waals surface area (Å²) in [5.74, 6) is -1.00. The lowest BCUT2D eigenvalue weighted by Crippen LogP contribution is -2.34. The molecule has 1 fully saturated rings. The number of aliphatic hydroxyl groups excluding tert-OH is 1. The fourth-order valence-electron chi connectivity index (χ4n) is 1.11. The van der Waals surface area contributed by atoms with Crippen LogP contribution in [0, 0.1) is 11.8 Å². The number of carbonyl (C=O) groups is 1. The Morgan fingerprint density at radius 3 is 2.33 bits per heavy atom. The van der Waals surface area contributed by atoms with Crippen LogP contribution in [0.15, 0.2) is 0 Å². The van der Waals surface area contributed by atoms with Gasteiger partial charge in [0.1, 0.15) is 0 Å². The first-order valence-corrected chi connectivity index (χ1v) is 3.09. The van der Waals surface area contributed by atoms with E-state index in [4.69, 9.17) is 10.2 Å². The molecule has 1 rings (SSSR count). The minimum absolute atomic E-state index is 0.0248. The van der Waals surface area contributed by atoms with Crippen molar-refractivity contribution >= 4 is 5.97 Å². The van der Waals surface area contributed by atoms with Crippen molar-refractivity contribution in [1.29, 1.82) is 0 Å². The van der Waals surface area contributed by atoms with Crippen LogP contribution in [0.3, 0.4) is 0 Å². The molecule has 3 heteroatoms. The first kappa shape index (κ1) is 6.55. The van der Waals surface area contributed by atoms with Gasteiger partial charge in [0, 0.05) is 6.61 Å². The van der Waals surface area contributed by atoms with Gasteiger partial charge in [-0.15, -0.1) is 0 Å². The second-order valence-electron chi connectivity index (χ2n) is 2.46. The van der Waals surface area contributed by atoms with E-state index >= 15 is 0 Å². The van der Waals surface area contributed by atoms with Crippen molar-refractivity contribution in [3.63, 3.8) is 0 Å². The van der Waals surface area contributed by atoms with Crippen molar-refractivity contribution in [2.75, 3.05) is 6.61 Å². The maximum absolute atomic E-state index is 10.2. The summed E-state index contributed by atoms with van der Waals surface area (Å²) in [6.07, 6.45) is 1.61. The molecule has 0 heterocycles. The van der Waals surface area contributed by atoms with E-state index in [1.165, 1.54) is 0 Å². The predicted molar refractivity (Wildman–Crippen MR) is 30.9 cm³/mol. The number of hydrogen-bond acceptors (Lipinski definition) is 2. The summed E-state index contributed by atoms with van der Waals surface area (Å²) >= 11 is 0. The molecule has 0 bridgehead atoms. The van der Waals surface area contributed by atoms with Crippen LogP contribution in [-0.2, 0) is 4.79 Å². The Balaban J connectivity index is 2.35. The molecule has 1 aliphatic rings. The summed E-state index contributed by atoms with van der Waals surface area (Å²) in [6, 6.07) is 0. The average Bonchev–Trinajstić information content (AvgIpc) is 1.61. The van der Waals surface area contributed by atoms with E-state index in [1.54, 1.807) is 0 Å². The fraction of sp³-hybridized carbons (Fsp3) is 0.833. The molecular formula is C6H10O3. The standard InChI is InChI=1S/C6H10O3/c7-3-4-1-2-5(4)6(8)9/h4-5,7H,1-3H2,(H,8,9)/t4-,5+/m1/s1. The van der Waals surface area contributed by atoms with Crippen LogP contribution in [-0.4, -0.2) is 22.8 Å². The summed E-state index contributed by atoms with van der Waals surface area (Å²) in [6.45, 7) is 0.0248. The van der Waals surface area contributed by atoms with E-state index in [-0.39, 0.29) is 18.4 Å². The van der Waals surface area contributed by atoms with Crippen LogP contribution in [0.2, 0.25) is 0 Å². The largest absolute Gasteiger partial charge is 0.481 e. The minimum Gasteiger partial charge on any atom is -0.481 e. The average molecular weight is 130 g/mol. The van der Waals surface area contributed by atoms with Gasteiger partial charge in [0.2, 0.25) is 0 Å². The van der Waals surface area contributed by atoms with E-state index in [9.17, 15) is 4.79 Å². The first-order valence-electron chi connectivity index (χ1n) is 3.09.